The third kappa shape index (κ3) is 12.1. The molecule has 242 valence electrons. The number of aryl methyl sites for hydroxylation is 2. The van der Waals surface area contributed by atoms with Crippen LogP contribution in [0.15, 0.2) is 36.4 Å². The summed E-state index contributed by atoms with van der Waals surface area (Å²) >= 11 is 6.22. The summed E-state index contributed by atoms with van der Waals surface area (Å²) in [5.74, 6) is 19.0. The number of benzene rings is 3. The first-order valence-electron chi connectivity index (χ1n) is 15.7. The van der Waals surface area contributed by atoms with Crippen LogP contribution in [0, 0.1) is 92.1 Å². The molecule has 0 heterocycles. The molecule has 0 spiro atoms. The van der Waals surface area contributed by atoms with Crippen molar-refractivity contribution in [3.8, 4) is 68.9 Å². The smallest absolute Gasteiger partial charge is 0.197 e. The summed E-state index contributed by atoms with van der Waals surface area (Å²) in [6, 6.07) is 11.3. The van der Waals surface area contributed by atoms with Crippen molar-refractivity contribution in [3.63, 3.8) is 0 Å². The van der Waals surface area contributed by atoms with E-state index in [0.717, 1.165) is 86.5 Å². The SMILES string of the molecule is CCCCCCc1cc(C#CBr)cc(C#CC#Cc2c(F)c(F)c(F)c(C#CC#Cc3cc(C#CBr)cc(CCCCCC)c3)c2F)c1. The van der Waals surface area contributed by atoms with Gasteiger partial charge in [0, 0.05) is 54.1 Å². The van der Waals surface area contributed by atoms with Gasteiger partial charge in [-0.3, -0.25) is 0 Å². The van der Waals surface area contributed by atoms with E-state index in [4.69, 9.17) is 0 Å². The van der Waals surface area contributed by atoms with Gasteiger partial charge < -0.3 is 0 Å². The van der Waals surface area contributed by atoms with Crippen LogP contribution in [-0.2, 0) is 12.8 Å². The third-order valence-electron chi connectivity index (χ3n) is 7.18. The summed E-state index contributed by atoms with van der Waals surface area (Å²) in [5.41, 5.74) is 2.93. The molecule has 6 heteroatoms. The van der Waals surface area contributed by atoms with Crippen molar-refractivity contribution in [2.45, 2.75) is 78.1 Å². The zero-order valence-corrected chi connectivity index (χ0v) is 30.0. The van der Waals surface area contributed by atoms with Gasteiger partial charge >= 0.3 is 0 Å². The molecule has 0 radical (unpaired) electrons. The Morgan fingerprint density at radius 1 is 0.438 bits per heavy atom. The van der Waals surface area contributed by atoms with Gasteiger partial charge in [0.2, 0.25) is 0 Å². The van der Waals surface area contributed by atoms with E-state index in [2.05, 4.69) is 115 Å². The highest BCUT2D eigenvalue weighted by Crippen LogP contribution is 2.23. The molecular weight excluding hydrogens is 740 g/mol. The van der Waals surface area contributed by atoms with Crippen molar-refractivity contribution >= 4 is 31.9 Å². The minimum atomic E-state index is -1.88. The maximum atomic E-state index is 15.2. The van der Waals surface area contributed by atoms with Crippen LogP contribution < -0.4 is 0 Å². The Morgan fingerprint density at radius 3 is 1.19 bits per heavy atom. The van der Waals surface area contributed by atoms with Gasteiger partial charge in [-0.05, 0) is 118 Å². The molecule has 0 N–H and O–H groups in total. The molecule has 0 nitrogen and oxygen atoms in total. The molecule has 0 unspecified atom stereocenters. The number of hydrogen-bond acceptors (Lipinski definition) is 0. The highest BCUT2D eigenvalue weighted by Gasteiger charge is 2.23. The lowest BCUT2D eigenvalue weighted by Gasteiger charge is -2.04. The van der Waals surface area contributed by atoms with Crippen LogP contribution in [0.3, 0.4) is 0 Å². The number of rotatable bonds is 10. The minimum Gasteiger partial charge on any atom is -0.204 e. The van der Waals surface area contributed by atoms with E-state index >= 15 is 4.39 Å². The zero-order valence-electron chi connectivity index (χ0n) is 26.8. The van der Waals surface area contributed by atoms with Crippen LogP contribution in [0.25, 0.3) is 0 Å². The molecule has 48 heavy (non-hydrogen) atoms. The van der Waals surface area contributed by atoms with E-state index in [-0.39, 0.29) is 0 Å². The van der Waals surface area contributed by atoms with Gasteiger partial charge in [-0.15, -0.1) is 0 Å². The fraction of sp³-hybridized carbons (Fsp3) is 0.286. The molecule has 0 fully saturated rings. The fourth-order valence-corrected chi connectivity index (χ4v) is 5.29. The Balaban J connectivity index is 1.89. The van der Waals surface area contributed by atoms with Crippen molar-refractivity contribution in [2.24, 2.45) is 0 Å². The zero-order chi connectivity index (χ0) is 34.7. The van der Waals surface area contributed by atoms with Crippen LogP contribution in [0.5, 0.6) is 0 Å². The average Bonchev–Trinajstić information content (AvgIpc) is 3.07. The van der Waals surface area contributed by atoms with Crippen molar-refractivity contribution in [1.82, 2.24) is 0 Å². The maximum absolute atomic E-state index is 15.2. The van der Waals surface area contributed by atoms with Crippen LogP contribution in [0.2, 0.25) is 0 Å². The summed E-state index contributed by atoms with van der Waals surface area (Å²) in [7, 11) is 0. The quantitative estimate of drug-likeness (QED) is 0.0633. The van der Waals surface area contributed by atoms with Crippen molar-refractivity contribution < 1.29 is 17.6 Å². The minimum absolute atomic E-state index is 0.618. The Kier molecular flexibility index (Phi) is 16.6. The second-order valence-corrected chi connectivity index (χ2v) is 11.7. The molecule has 0 aliphatic carbocycles. The molecular formula is C42H32Br2F4. The van der Waals surface area contributed by atoms with Crippen LogP contribution >= 0.6 is 31.9 Å². The molecule has 0 bridgehead atoms. The third-order valence-corrected chi connectivity index (χ3v) is 7.58. The first kappa shape index (κ1) is 38.2. The van der Waals surface area contributed by atoms with E-state index in [9.17, 15) is 13.2 Å². The van der Waals surface area contributed by atoms with Gasteiger partial charge in [0.25, 0.3) is 0 Å². The van der Waals surface area contributed by atoms with Crippen molar-refractivity contribution in [1.29, 1.82) is 0 Å². The number of unbranched alkanes of at least 4 members (excludes halogenated alkanes) is 6. The maximum Gasteiger partial charge on any atom is 0.197 e. The van der Waals surface area contributed by atoms with Gasteiger partial charge in [0.15, 0.2) is 23.3 Å². The summed E-state index contributed by atoms with van der Waals surface area (Å²) < 4.78 is 58.8. The van der Waals surface area contributed by atoms with Crippen molar-refractivity contribution in [3.05, 3.63) is 104 Å². The van der Waals surface area contributed by atoms with Gasteiger partial charge in [0.05, 0.1) is 0 Å². The van der Waals surface area contributed by atoms with Gasteiger partial charge in [0.1, 0.15) is 11.1 Å². The first-order valence-corrected chi connectivity index (χ1v) is 17.3. The lowest BCUT2D eigenvalue weighted by Crippen LogP contribution is -2.04. The Bertz CT molecular complexity index is 1870. The van der Waals surface area contributed by atoms with E-state index in [1.165, 1.54) is 0 Å². The summed E-state index contributed by atoms with van der Waals surface area (Å²) in [4.78, 5) is 5.38. The van der Waals surface area contributed by atoms with Crippen molar-refractivity contribution in [2.75, 3.05) is 0 Å². The van der Waals surface area contributed by atoms with E-state index in [1.54, 1.807) is 12.1 Å². The molecule has 0 saturated heterocycles. The Hall–Kier alpha value is -4.30. The van der Waals surface area contributed by atoms with E-state index in [0.29, 0.717) is 11.1 Å². The molecule has 0 aromatic heterocycles. The van der Waals surface area contributed by atoms with Gasteiger partial charge in [-0.25, -0.2) is 17.6 Å². The molecule has 0 amide bonds. The van der Waals surface area contributed by atoms with E-state index < -0.39 is 34.4 Å². The normalized spacial score (nSPS) is 9.50. The summed E-state index contributed by atoms with van der Waals surface area (Å²) in [6.07, 6.45) is 10.6. The molecule has 0 saturated carbocycles. The second kappa shape index (κ2) is 20.8. The second-order valence-electron chi connectivity index (χ2n) is 10.9. The van der Waals surface area contributed by atoms with Gasteiger partial charge in [-0.1, -0.05) is 76.1 Å². The summed E-state index contributed by atoms with van der Waals surface area (Å²) in [6.45, 7) is 4.30. The molecule has 3 rings (SSSR count). The standard InChI is InChI=1S/C42H32Br2F4/c1-3-5-7-9-15-31-25-33(29-35(27-31)21-23-43)17-11-13-19-37-39(45)38(41(47)42(48)40(37)46)20-14-12-18-34-26-32(16-10-8-6-4-2)28-36(30-34)22-24-44/h25-30H,3-10,15-16H2,1-2H3. The predicted octanol–water partition coefficient (Wildman–Crippen LogP) is 10.7. The largest absolute Gasteiger partial charge is 0.204 e. The highest BCUT2D eigenvalue weighted by molar-refractivity contribution is 9.12. The predicted molar refractivity (Wildman–Crippen MR) is 194 cm³/mol. The average molecular weight is 773 g/mol. The van der Waals surface area contributed by atoms with E-state index in [1.807, 2.05) is 24.3 Å². The van der Waals surface area contributed by atoms with Crippen LogP contribution in [-0.4, -0.2) is 0 Å². The lowest BCUT2D eigenvalue weighted by molar-refractivity contribution is 0.430. The highest BCUT2D eigenvalue weighted by atomic mass is 79.9. The fourth-order valence-electron chi connectivity index (χ4n) is 4.83. The van der Waals surface area contributed by atoms with Crippen LogP contribution in [0.1, 0.15) is 110 Å². The summed E-state index contributed by atoms with van der Waals surface area (Å²) in [5, 5.41) is 0. The topological polar surface area (TPSA) is 0 Å². The first-order chi connectivity index (χ1) is 23.3. The Morgan fingerprint density at radius 2 is 0.812 bits per heavy atom. The Labute approximate surface area is 299 Å². The van der Waals surface area contributed by atoms with Gasteiger partial charge in [-0.2, -0.15) is 0 Å². The molecule has 0 aliphatic rings. The number of hydrogen-bond donors (Lipinski definition) is 0. The molecule has 0 atom stereocenters. The molecule has 3 aromatic rings. The molecule has 3 aromatic carbocycles. The van der Waals surface area contributed by atoms with Crippen LogP contribution in [0.4, 0.5) is 17.6 Å². The lowest BCUT2D eigenvalue weighted by atomic mass is 10.0. The molecule has 0 aliphatic heterocycles. The number of halogens is 6. The monoisotopic (exact) mass is 770 g/mol.